The average Bonchev–Trinajstić information content (AvgIpc) is 2.46. The van der Waals surface area contributed by atoms with Crippen molar-refractivity contribution < 1.29 is 18.3 Å². The Kier molecular flexibility index (Phi) is 5.25. The second-order valence-corrected chi connectivity index (χ2v) is 7.94. The average molecular weight is 449 g/mol. The third-order valence-electron chi connectivity index (χ3n) is 2.80. The van der Waals surface area contributed by atoms with Crippen LogP contribution in [0.2, 0.25) is 0 Å². The second kappa shape index (κ2) is 6.80. The number of aliphatic carboxylic acids is 1. The summed E-state index contributed by atoms with van der Waals surface area (Å²) in [4.78, 5) is 11.1. The van der Waals surface area contributed by atoms with Gasteiger partial charge in [-0.1, -0.05) is 28.1 Å². The fourth-order valence-electron chi connectivity index (χ4n) is 1.81. The molecule has 0 radical (unpaired) electrons. The SMILES string of the molecule is O=C(O)CN(c1ccccc1Br)S(=O)(=O)c1ccc(Br)cc1. The topological polar surface area (TPSA) is 74.7 Å². The maximum absolute atomic E-state index is 12.8. The van der Waals surface area contributed by atoms with E-state index in [-0.39, 0.29) is 10.6 Å². The third kappa shape index (κ3) is 3.68. The van der Waals surface area contributed by atoms with Gasteiger partial charge in [-0.3, -0.25) is 9.10 Å². The highest BCUT2D eigenvalue weighted by molar-refractivity contribution is 9.10. The molecule has 0 atom stereocenters. The predicted molar refractivity (Wildman–Crippen MR) is 90.5 cm³/mol. The van der Waals surface area contributed by atoms with E-state index in [0.717, 1.165) is 8.78 Å². The number of carboxylic acids is 1. The predicted octanol–water partition coefficient (Wildman–Crippen LogP) is 3.49. The molecule has 0 saturated carbocycles. The lowest BCUT2D eigenvalue weighted by molar-refractivity contribution is -0.135. The molecule has 0 spiro atoms. The van der Waals surface area contributed by atoms with E-state index < -0.39 is 22.5 Å². The molecular weight excluding hydrogens is 438 g/mol. The summed E-state index contributed by atoms with van der Waals surface area (Å²) in [7, 11) is -3.99. The lowest BCUT2D eigenvalue weighted by Gasteiger charge is -2.23. The van der Waals surface area contributed by atoms with Gasteiger partial charge in [0.05, 0.1) is 10.6 Å². The van der Waals surface area contributed by atoms with Gasteiger partial charge in [-0.2, -0.15) is 0 Å². The molecule has 22 heavy (non-hydrogen) atoms. The van der Waals surface area contributed by atoms with Gasteiger partial charge in [-0.15, -0.1) is 0 Å². The van der Waals surface area contributed by atoms with Crippen molar-refractivity contribution in [3.8, 4) is 0 Å². The monoisotopic (exact) mass is 447 g/mol. The van der Waals surface area contributed by atoms with Crippen molar-refractivity contribution in [2.45, 2.75) is 4.90 Å². The minimum absolute atomic E-state index is 0.0210. The summed E-state index contributed by atoms with van der Waals surface area (Å²) in [5.41, 5.74) is 0.271. The first-order valence-electron chi connectivity index (χ1n) is 6.07. The number of benzene rings is 2. The molecule has 8 heteroatoms. The van der Waals surface area contributed by atoms with Crippen molar-refractivity contribution in [3.05, 3.63) is 57.5 Å². The zero-order chi connectivity index (χ0) is 16.3. The fourth-order valence-corrected chi connectivity index (χ4v) is 4.12. The molecule has 2 aromatic carbocycles. The smallest absolute Gasteiger partial charge is 0.324 e. The lowest BCUT2D eigenvalue weighted by atomic mass is 10.3. The van der Waals surface area contributed by atoms with Crippen LogP contribution in [-0.2, 0) is 14.8 Å². The second-order valence-electron chi connectivity index (χ2n) is 4.31. The van der Waals surface area contributed by atoms with Crippen LogP contribution in [0, 0.1) is 0 Å². The number of rotatable bonds is 5. The van der Waals surface area contributed by atoms with Crippen LogP contribution in [0.4, 0.5) is 5.69 Å². The molecule has 1 N–H and O–H groups in total. The van der Waals surface area contributed by atoms with Crippen LogP contribution in [0.25, 0.3) is 0 Å². The lowest BCUT2D eigenvalue weighted by Crippen LogP contribution is -2.36. The van der Waals surface area contributed by atoms with Gasteiger partial charge in [-0.25, -0.2) is 8.42 Å². The number of anilines is 1. The molecule has 0 aromatic heterocycles. The minimum atomic E-state index is -3.99. The summed E-state index contributed by atoms with van der Waals surface area (Å²) < 4.78 is 27.6. The van der Waals surface area contributed by atoms with Gasteiger partial charge in [0.1, 0.15) is 6.54 Å². The molecular formula is C14H11Br2NO4S. The zero-order valence-corrected chi connectivity index (χ0v) is 15.1. The zero-order valence-electron chi connectivity index (χ0n) is 11.1. The Morgan fingerprint density at radius 3 is 2.18 bits per heavy atom. The van der Waals surface area contributed by atoms with Gasteiger partial charge in [0, 0.05) is 8.95 Å². The quantitative estimate of drug-likeness (QED) is 0.759. The summed E-state index contributed by atoms with van der Waals surface area (Å²) in [5, 5.41) is 9.06. The maximum Gasteiger partial charge on any atom is 0.324 e. The molecule has 0 heterocycles. The summed E-state index contributed by atoms with van der Waals surface area (Å²) in [6.45, 7) is -0.666. The van der Waals surface area contributed by atoms with Gasteiger partial charge in [-0.05, 0) is 52.3 Å². The number of carbonyl (C=O) groups is 1. The van der Waals surface area contributed by atoms with Crippen LogP contribution in [0.5, 0.6) is 0 Å². The highest BCUT2D eigenvalue weighted by Gasteiger charge is 2.28. The normalized spacial score (nSPS) is 11.2. The van der Waals surface area contributed by atoms with Crippen LogP contribution in [0.3, 0.4) is 0 Å². The highest BCUT2D eigenvalue weighted by atomic mass is 79.9. The van der Waals surface area contributed by atoms with Crippen molar-refractivity contribution in [1.82, 2.24) is 0 Å². The summed E-state index contributed by atoms with van der Waals surface area (Å²) >= 11 is 6.49. The van der Waals surface area contributed by atoms with Crippen molar-refractivity contribution in [1.29, 1.82) is 0 Å². The molecule has 0 aliphatic rings. The van der Waals surface area contributed by atoms with E-state index in [4.69, 9.17) is 5.11 Å². The summed E-state index contributed by atoms with van der Waals surface area (Å²) in [6.07, 6.45) is 0. The van der Waals surface area contributed by atoms with Crippen LogP contribution >= 0.6 is 31.9 Å². The Hall–Kier alpha value is -1.38. The molecule has 2 rings (SSSR count). The Balaban J connectivity index is 2.56. The number of hydrogen-bond donors (Lipinski definition) is 1. The van der Waals surface area contributed by atoms with Crippen LogP contribution in [0.15, 0.2) is 62.4 Å². The molecule has 116 valence electrons. The van der Waals surface area contributed by atoms with Crippen molar-refractivity contribution in [2.24, 2.45) is 0 Å². The molecule has 0 bridgehead atoms. The van der Waals surface area contributed by atoms with E-state index in [1.165, 1.54) is 12.1 Å². The van der Waals surface area contributed by atoms with Crippen molar-refractivity contribution in [3.63, 3.8) is 0 Å². The molecule has 0 amide bonds. The Morgan fingerprint density at radius 1 is 1.05 bits per heavy atom. The first-order chi connectivity index (χ1) is 10.3. The first-order valence-corrected chi connectivity index (χ1v) is 9.09. The Bertz CT molecular complexity index is 791. The van der Waals surface area contributed by atoms with E-state index >= 15 is 0 Å². The number of nitrogens with zero attached hydrogens (tertiary/aromatic N) is 1. The molecule has 0 aliphatic heterocycles. The first kappa shape index (κ1) is 17.0. The summed E-state index contributed by atoms with van der Waals surface area (Å²) in [5.74, 6) is -1.24. The van der Waals surface area contributed by atoms with Crippen LogP contribution < -0.4 is 4.31 Å². The number of sulfonamides is 1. The van der Waals surface area contributed by atoms with Gasteiger partial charge >= 0.3 is 5.97 Å². The van der Waals surface area contributed by atoms with E-state index in [0.29, 0.717) is 4.47 Å². The highest BCUT2D eigenvalue weighted by Crippen LogP contribution is 2.30. The number of para-hydroxylation sites is 1. The van der Waals surface area contributed by atoms with Crippen molar-refractivity contribution >= 4 is 53.5 Å². The molecule has 5 nitrogen and oxygen atoms in total. The molecule has 2 aromatic rings. The van der Waals surface area contributed by atoms with E-state index in [2.05, 4.69) is 31.9 Å². The standard InChI is InChI=1S/C14H11Br2NO4S/c15-10-5-7-11(8-6-10)22(20,21)17(9-14(18)19)13-4-2-1-3-12(13)16/h1-8H,9H2,(H,18,19). The van der Waals surface area contributed by atoms with Gasteiger partial charge in [0.25, 0.3) is 10.0 Å². The number of carboxylic acid groups (broad SMARTS) is 1. The van der Waals surface area contributed by atoms with Crippen molar-refractivity contribution in [2.75, 3.05) is 10.8 Å². The Morgan fingerprint density at radius 2 is 1.64 bits per heavy atom. The van der Waals surface area contributed by atoms with Crippen LogP contribution in [-0.4, -0.2) is 26.0 Å². The van der Waals surface area contributed by atoms with Gasteiger partial charge in [0.15, 0.2) is 0 Å². The fraction of sp³-hybridized carbons (Fsp3) is 0.0714. The molecule has 0 unspecified atom stereocenters. The van der Waals surface area contributed by atoms with E-state index in [9.17, 15) is 13.2 Å². The Labute approximate surface area is 144 Å². The van der Waals surface area contributed by atoms with Gasteiger partial charge in [0.2, 0.25) is 0 Å². The molecule has 0 aliphatic carbocycles. The third-order valence-corrected chi connectivity index (χ3v) is 5.77. The van der Waals surface area contributed by atoms with E-state index in [1.807, 2.05) is 0 Å². The van der Waals surface area contributed by atoms with Crippen LogP contribution in [0.1, 0.15) is 0 Å². The van der Waals surface area contributed by atoms with Gasteiger partial charge < -0.3 is 5.11 Å². The molecule has 0 fully saturated rings. The number of halogens is 2. The minimum Gasteiger partial charge on any atom is -0.480 e. The molecule has 0 saturated heterocycles. The number of hydrogen-bond acceptors (Lipinski definition) is 3. The largest absolute Gasteiger partial charge is 0.480 e. The van der Waals surface area contributed by atoms with E-state index in [1.54, 1.807) is 36.4 Å². The summed E-state index contributed by atoms with van der Waals surface area (Å²) in [6, 6.07) is 12.6. The maximum atomic E-state index is 12.8.